The SMILES string of the molecule is C=C/C(=C(C)\C=C/C)c1nc(-c2ccc(/C3=C(\C(=C)/C=C\C(=C)c4nc(-c5ccccc5C)nc(-c5ccccc5C)n4)c4ccccc4C/C=C\C=C/C3=C)cc2)nc(-c2ccccc2C)n1. The van der Waals surface area contributed by atoms with Gasteiger partial charge >= 0.3 is 0 Å². The molecule has 0 saturated carbocycles. The van der Waals surface area contributed by atoms with Crippen molar-refractivity contribution in [2.45, 2.75) is 41.0 Å². The summed E-state index contributed by atoms with van der Waals surface area (Å²) in [4.78, 5) is 30.1. The molecule has 332 valence electrons. The summed E-state index contributed by atoms with van der Waals surface area (Å²) in [6.07, 6.45) is 18.9. The Morgan fingerprint density at radius 3 is 1.57 bits per heavy atom. The molecule has 0 saturated heterocycles. The van der Waals surface area contributed by atoms with Crippen molar-refractivity contribution >= 4 is 22.3 Å². The molecule has 6 heteroatoms. The minimum atomic E-state index is 0.481. The highest BCUT2D eigenvalue weighted by molar-refractivity contribution is 6.06. The van der Waals surface area contributed by atoms with Crippen LogP contribution in [0.3, 0.4) is 0 Å². The fourth-order valence-electron chi connectivity index (χ4n) is 8.32. The summed E-state index contributed by atoms with van der Waals surface area (Å²) in [6.45, 7) is 28.3. The van der Waals surface area contributed by atoms with E-state index in [-0.39, 0.29) is 0 Å². The number of nitrogens with zero attached hydrogens (tertiary/aromatic N) is 6. The third-order valence-corrected chi connectivity index (χ3v) is 12.0. The van der Waals surface area contributed by atoms with Crippen molar-refractivity contribution in [3.63, 3.8) is 0 Å². The molecular formula is C62H54N6. The third kappa shape index (κ3) is 10.0. The molecule has 0 N–H and O–H groups in total. The van der Waals surface area contributed by atoms with Gasteiger partial charge in [0.2, 0.25) is 0 Å². The normalized spacial score (nSPS) is 15.2. The van der Waals surface area contributed by atoms with Gasteiger partial charge in [-0.15, -0.1) is 0 Å². The number of aryl methyl sites for hydroxylation is 3. The Kier molecular flexibility index (Phi) is 14.1. The van der Waals surface area contributed by atoms with Crippen LogP contribution in [0.5, 0.6) is 0 Å². The molecule has 2 aromatic heterocycles. The standard InChI is InChI=1S/C62H54N6/c1-10-23-40(3)50(11-2)59-65-58(66-62(67-59)53-32-21-17-26-43(53)6)49-38-36-48(37-39-49)55-44(7)27-13-12-14-28-47-29-18-22-33-54(47)56(55)45(8)34-35-46(9)57-63-60(51-30-19-15-24-41(51)4)68-61(64-57)52-31-20-16-25-42(52)5/h10-27,29-39H,2,7-9,28H2,1,3-6H3/b14-12-,23-10-,27-13-,35-34-,50-40+,56-55+. The van der Waals surface area contributed by atoms with Crippen LogP contribution in [0.4, 0.5) is 0 Å². The first-order valence-electron chi connectivity index (χ1n) is 22.7. The van der Waals surface area contributed by atoms with Crippen molar-refractivity contribution in [3.05, 3.63) is 264 Å². The Labute approximate surface area is 401 Å². The summed E-state index contributed by atoms with van der Waals surface area (Å²) in [5.74, 6) is 3.37. The minimum absolute atomic E-state index is 0.481. The number of hydrogen-bond donors (Lipinski definition) is 0. The van der Waals surface area contributed by atoms with Crippen LogP contribution in [0.25, 0.3) is 67.8 Å². The molecule has 0 spiro atoms. The van der Waals surface area contributed by atoms with E-state index in [0.717, 1.165) is 95.5 Å². The maximum atomic E-state index is 5.07. The second-order valence-electron chi connectivity index (χ2n) is 16.7. The van der Waals surface area contributed by atoms with E-state index in [9.17, 15) is 0 Å². The lowest BCUT2D eigenvalue weighted by molar-refractivity contribution is 1.03. The maximum Gasteiger partial charge on any atom is 0.164 e. The molecule has 0 unspecified atom stereocenters. The summed E-state index contributed by atoms with van der Waals surface area (Å²) in [5.41, 5.74) is 16.0. The van der Waals surface area contributed by atoms with Crippen molar-refractivity contribution in [1.82, 2.24) is 29.9 Å². The van der Waals surface area contributed by atoms with E-state index in [4.69, 9.17) is 36.5 Å². The Morgan fingerprint density at radius 1 is 0.529 bits per heavy atom. The molecule has 6 nitrogen and oxygen atoms in total. The third-order valence-electron chi connectivity index (χ3n) is 12.0. The lowest BCUT2D eigenvalue weighted by atomic mass is 9.83. The van der Waals surface area contributed by atoms with E-state index in [1.54, 1.807) is 0 Å². The van der Waals surface area contributed by atoms with Crippen LogP contribution in [0.15, 0.2) is 219 Å². The quantitative estimate of drug-likeness (QED) is 0.114. The second-order valence-corrected chi connectivity index (χ2v) is 16.7. The summed E-state index contributed by atoms with van der Waals surface area (Å²) < 4.78 is 0. The van der Waals surface area contributed by atoms with Crippen molar-refractivity contribution in [2.24, 2.45) is 0 Å². The smallest absolute Gasteiger partial charge is 0.164 e. The molecule has 1 aliphatic rings. The molecule has 0 amide bonds. The average Bonchev–Trinajstić information content (AvgIpc) is 3.35. The van der Waals surface area contributed by atoms with Gasteiger partial charge in [-0.1, -0.05) is 202 Å². The van der Waals surface area contributed by atoms with Gasteiger partial charge < -0.3 is 0 Å². The van der Waals surface area contributed by atoms with Gasteiger partial charge in [0, 0.05) is 33.4 Å². The van der Waals surface area contributed by atoms with Gasteiger partial charge in [-0.05, 0) is 102 Å². The number of allylic oxidation sites excluding steroid dienone is 16. The predicted molar refractivity (Wildman–Crippen MR) is 285 cm³/mol. The average molecular weight is 883 g/mol. The lowest BCUT2D eigenvalue weighted by Gasteiger charge is -2.21. The fraction of sp³-hybridized carbons (Fsp3) is 0.0968. The Balaban J connectivity index is 1.25. The minimum Gasteiger partial charge on any atom is -0.208 e. The zero-order chi connectivity index (χ0) is 47.7. The molecule has 0 fully saturated rings. The summed E-state index contributed by atoms with van der Waals surface area (Å²) in [6, 6.07) is 41.2. The highest BCUT2D eigenvalue weighted by Crippen LogP contribution is 2.40. The van der Waals surface area contributed by atoms with Crippen LogP contribution in [-0.4, -0.2) is 29.9 Å². The van der Waals surface area contributed by atoms with Gasteiger partial charge in [-0.25, -0.2) is 29.9 Å². The number of rotatable bonds is 12. The number of aromatic nitrogens is 6. The van der Waals surface area contributed by atoms with Gasteiger partial charge in [-0.2, -0.15) is 0 Å². The summed E-state index contributed by atoms with van der Waals surface area (Å²) in [7, 11) is 0. The van der Waals surface area contributed by atoms with Crippen molar-refractivity contribution in [2.75, 3.05) is 0 Å². The molecule has 5 aromatic carbocycles. The largest absolute Gasteiger partial charge is 0.208 e. The first kappa shape index (κ1) is 46.1. The Hall–Kier alpha value is -8.48. The van der Waals surface area contributed by atoms with Crippen LogP contribution >= 0.6 is 0 Å². The first-order chi connectivity index (χ1) is 33.0. The number of benzene rings is 5. The molecule has 1 aliphatic carbocycles. The van der Waals surface area contributed by atoms with Crippen molar-refractivity contribution in [3.8, 4) is 45.6 Å². The van der Waals surface area contributed by atoms with Gasteiger partial charge in [0.25, 0.3) is 0 Å². The zero-order valence-corrected chi connectivity index (χ0v) is 39.5. The van der Waals surface area contributed by atoms with E-state index in [1.807, 2.05) is 105 Å². The van der Waals surface area contributed by atoms with E-state index in [0.29, 0.717) is 40.5 Å². The van der Waals surface area contributed by atoms with Crippen LogP contribution in [-0.2, 0) is 6.42 Å². The molecule has 0 aliphatic heterocycles. The Morgan fingerprint density at radius 2 is 1.01 bits per heavy atom. The first-order valence-corrected chi connectivity index (χ1v) is 22.7. The fourth-order valence-corrected chi connectivity index (χ4v) is 8.32. The maximum absolute atomic E-state index is 5.07. The molecule has 0 atom stereocenters. The molecule has 8 rings (SSSR count). The predicted octanol–water partition coefficient (Wildman–Crippen LogP) is 15.1. The van der Waals surface area contributed by atoms with Crippen molar-refractivity contribution in [1.29, 1.82) is 0 Å². The number of hydrogen-bond acceptors (Lipinski definition) is 6. The van der Waals surface area contributed by atoms with Gasteiger partial charge in [-0.3, -0.25) is 0 Å². The van der Waals surface area contributed by atoms with Crippen molar-refractivity contribution < 1.29 is 0 Å². The van der Waals surface area contributed by atoms with Gasteiger partial charge in [0.15, 0.2) is 34.9 Å². The number of fused-ring (bicyclic) bond motifs is 1. The second kappa shape index (κ2) is 20.8. The molecule has 68 heavy (non-hydrogen) atoms. The van der Waals surface area contributed by atoms with E-state index < -0.39 is 0 Å². The highest BCUT2D eigenvalue weighted by Gasteiger charge is 2.21. The Bertz CT molecular complexity index is 3250. The van der Waals surface area contributed by atoms with Crippen LogP contribution in [0, 0.1) is 20.8 Å². The van der Waals surface area contributed by atoms with E-state index in [2.05, 4.69) is 125 Å². The van der Waals surface area contributed by atoms with E-state index in [1.165, 1.54) is 0 Å². The van der Waals surface area contributed by atoms with Gasteiger partial charge in [0.05, 0.1) is 0 Å². The summed E-state index contributed by atoms with van der Waals surface area (Å²) >= 11 is 0. The molecule has 7 aromatic rings. The van der Waals surface area contributed by atoms with Crippen LogP contribution in [0.2, 0.25) is 0 Å². The summed E-state index contributed by atoms with van der Waals surface area (Å²) in [5, 5.41) is 0. The molecule has 0 radical (unpaired) electrons. The van der Waals surface area contributed by atoms with Crippen LogP contribution in [0.1, 0.15) is 58.9 Å². The zero-order valence-electron chi connectivity index (χ0n) is 39.5. The molecular weight excluding hydrogens is 829 g/mol. The van der Waals surface area contributed by atoms with E-state index >= 15 is 0 Å². The molecule has 0 bridgehead atoms. The van der Waals surface area contributed by atoms with Gasteiger partial charge in [0.1, 0.15) is 0 Å². The van der Waals surface area contributed by atoms with Crippen LogP contribution < -0.4 is 0 Å². The topological polar surface area (TPSA) is 77.3 Å². The highest BCUT2D eigenvalue weighted by atomic mass is 15.0. The molecule has 2 heterocycles. The lowest BCUT2D eigenvalue weighted by Crippen LogP contribution is -2.04. The monoisotopic (exact) mass is 882 g/mol.